The molecule has 0 radical (unpaired) electrons. The molecule has 2 heterocycles. The van der Waals surface area contributed by atoms with Crippen molar-refractivity contribution in [2.24, 2.45) is 0 Å². The Labute approximate surface area is 205 Å². The van der Waals surface area contributed by atoms with Crippen LogP contribution in [0.2, 0.25) is 5.02 Å². The molecule has 5 nitrogen and oxygen atoms in total. The van der Waals surface area contributed by atoms with Crippen LogP contribution in [0.25, 0.3) is 6.08 Å². The van der Waals surface area contributed by atoms with E-state index in [2.05, 4.69) is 38.0 Å². The van der Waals surface area contributed by atoms with E-state index >= 15 is 0 Å². The zero-order valence-electron chi connectivity index (χ0n) is 19.7. The maximum Gasteiger partial charge on any atom is 0.270 e. The lowest BCUT2D eigenvalue weighted by Crippen LogP contribution is -2.54. The van der Waals surface area contributed by atoms with Gasteiger partial charge in [-0.3, -0.25) is 19.8 Å². The third kappa shape index (κ3) is 4.06. The molecule has 2 aliphatic rings. The summed E-state index contributed by atoms with van der Waals surface area (Å²) in [6, 6.07) is 9.66. The molecule has 2 aliphatic heterocycles. The van der Waals surface area contributed by atoms with E-state index in [0.29, 0.717) is 22.2 Å². The number of hydrogen-bond acceptors (Lipinski definition) is 4. The van der Waals surface area contributed by atoms with Gasteiger partial charge >= 0.3 is 0 Å². The van der Waals surface area contributed by atoms with Gasteiger partial charge in [-0.15, -0.1) is 0 Å². The van der Waals surface area contributed by atoms with Crippen LogP contribution in [-0.2, 0) is 9.59 Å². The first-order valence-electron chi connectivity index (χ1n) is 11.0. The molecule has 0 bridgehead atoms. The fraction of sp³-hybridized carbons (Fsp3) is 0.346. The Morgan fingerprint density at radius 2 is 1.85 bits per heavy atom. The number of thiocarbonyl (C=S) groups is 1. The van der Waals surface area contributed by atoms with Crippen LogP contribution in [0, 0.1) is 13.8 Å². The van der Waals surface area contributed by atoms with Gasteiger partial charge in [0.1, 0.15) is 5.57 Å². The highest BCUT2D eigenvalue weighted by Gasteiger charge is 2.37. The van der Waals surface area contributed by atoms with Crippen molar-refractivity contribution in [3.05, 3.63) is 63.2 Å². The fourth-order valence-corrected chi connectivity index (χ4v) is 5.29. The number of hydrogen-bond donors (Lipinski definition) is 1. The summed E-state index contributed by atoms with van der Waals surface area (Å²) in [5.41, 5.74) is 5.50. The Morgan fingerprint density at radius 3 is 2.52 bits per heavy atom. The van der Waals surface area contributed by atoms with E-state index in [-0.39, 0.29) is 16.2 Å². The molecule has 7 heteroatoms. The summed E-state index contributed by atoms with van der Waals surface area (Å²) in [5, 5.41) is 3.22. The lowest BCUT2D eigenvalue weighted by molar-refractivity contribution is -0.122. The van der Waals surface area contributed by atoms with Crippen molar-refractivity contribution in [1.82, 2.24) is 5.32 Å². The first kappa shape index (κ1) is 23.5. The molecular weight excluding hydrogens is 454 g/mol. The molecule has 1 saturated heterocycles. The minimum Gasteiger partial charge on any atom is -0.369 e. The molecule has 0 aliphatic carbocycles. The van der Waals surface area contributed by atoms with E-state index in [1.807, 2.05) is 44.2 Å². The molecule has 0 aromatic heterocycles. The van der Waals surface area contributed by atoms with Gasteiger partial charge in [0, 0.05) is 23.3 Å². The second-order valence-corrected chi connectivity index (χ2v) is 10.5. The largest absolute Gasteiger partial charge is 0.369 e. The van der Waals surface area contributed by atoms with Crippen molar-refractivity contribution in [2.45, 2.75) is 52.5 Å². The summed E-state index contributed by atoms with van der Waals surface area (Å²) in [4.78, 5) is 29.8. The summed E-state index contributed by atoms with van der Waals surface area (Å²) in [6.07, 6.45) is 2.56. The topological polar surface area (TPSA) is 52.7 Å². The van der Waals surface area contributed by atoms with Crippen LogP contribution in [0.3, 0.4) is 0 Å². The smallest absolute Gasteiger partial charge is 0.270 e. The normalized spacial score (nSPS) is 21.4. The summed E-state index contributed by atoms with van der Waals surface area (Å²) < 4.78 is 0. The Bertz CT molecular complexity index is 1230. The van der Waals surface area contributed by atoms with Crippen molar-refractivity contribution < 1.29 is 9.59 Å². The van der Waals surface area contributed by atoms with E-state index in [9.17, 15) is 9.59 Å². The second kappa shape index (κ2) is 8.26. The van der Waals surface area contributed by atoms with Crippen LogP contribution in [0.1, 0.15) is 55.4 Å². The van der Waals surface area contributed by atoms with Gasteiger partial charge in [-0.05, 0) is 93.2 Å². The molecule has 2 amide bonds. The summed E-state index contributed by atoms with van der Waals surface area (Å²) in [5.74, 6) is -0.669. The van der Waals surface area contributed by atoms with E-state index in [0.717, 1.165) is 28.8 Å². The molecule has 0 unspecified atom stereocenters. The van der Waals surface area contributed by atoms with Crippen LogP contribution in [0.4, 0.5) is 11.4 Å². The molecule has 1 atom stereocenters. The Morgan fingerprint density at radius 1 is 1.15 bits per heavy atom. The van der Waals surface area contributed by atoms with Crippen molar-refractivity contribution in [2.75, 3.05) is 16.8 Å². The van der Waals surface area contributed by atoms with Crippen molar-refractivity contribution >= 4 is 58.2 Å². The molecule has 1 fully saturated rings. The number of carbonyl (C=O) groups is 2. The van der Waals surface area contributed by atoms with E-state index in [4.69, 9.17) is 23.8 Å². The molecule has 2 aromatic rings. The predicted molar refractivity (Wildman–Crippen MR) is 139 cm³/mol. The molecule has 0 spiro atoms. The van der Waals surface area contributed by atoms with Gasteiger partial charge in [0.2, 0.25) is 0 Å². The fourth-order valence-electron chi connectivity index (χ4n) is 4.80. The number of anilines is 2. The van der Waals surface area contributed by atoms with Gasteiger partial charge in [-0.2, -0.15) is 0 Å². The number of nitrogens with zero attached hydrogens (tertiary/aromatic N) is 2. The van der Waals surface area contributed by atoms with Crippen LogP contribution in [0.15, 0.2) is 35.9 Å². The number of rotatable bonds is 2. The molecule has 4 rings (SSSR count). The molecule has 172 valence electrons. The summed E-state index contributed by atoms with van der Waals surface area (Å²) in [6.45, 7) is 10.5. The minimum absolute atomic E-state index is 0.00238. The number of aryl methyl sites for hydroxylation is 2. The van der Waals surface area contributed by atoms with Gasteiger partial charge in [-0.1, -0.05) is 36.2 Å². The highest BCUT2D eigenvalue weighted by atomic mass is 35.5. The van der Waals surface area contributed by atoms with Crippen molar-refractivity contribution in [3.8, 4) is 0 Å². The maximum absolute atomic E-state index is 13.4. The van der Waals surface area contributed by atoms with Crippen LogP contribution < -0.4 is 15.1 Å². The Hall–Kier alpha value is -2.70. The summed E-state index contributed by atoms with van der Waals surface area (Å²) >= 11 is 12.0. The first-order valence-corrected chi connectivity index (χ1v) is 11.8. The van der Waals surface area contributed by atoms with E-state index < -0.39 is 11.8 Å². The number of benzene rings is 2. The van der Waals surface area contributed by atoms with E-state index in [1.165, 1.54) is 4.90 Å². The number of nitrogens with one attached hydrogen (secondary N) is 1. The van der Waals surface area contributed by atoms with E-state index in [1.54, 1.807) is 6.08 Å². The number of carbonyl (C=O) groups excluding carboxylic acids is 2. The highest BCUT2D eigenvalue weighted by molar-refractivity contribution is 7.80. The van der Waals surface area contributed by atoms with Crippen molar-refractivity contribution in [3.63, 3.8) is 0 Å². The molecule has 1 N–H and O–H groups in total. The van der Waals surface area contributed by atoms with Gasteiger partial charge in [0.05, 0.1) is 5.69 Å². The number of halogens is 1. The maximum atomic E-state index is 13.4. The van der Waals surface area contributed by atoms with Gasteiger partial charge in [0.15, 0.2) is 5.11 Å². The average molecular weight is 482 g/mol. The van der Waals surface area contributed by atoms with Crippen molar-refractivity contribution in [1.29, 1.82) is 0 Å². The average Bonchev–Trinajstić information content (AvgIpc) is 2.71. The Balaban J connectivity index is 1.78. The standard InChI is InChI=1S/C26H28ClN3O2S/c1-14-7-8-21(15(2)9-14)30-24(32)19(23(31)28-25(30)33)11-17-10-18-16(3)13-26(4,5)29(6)22(18)12-20(17)27/h7-12,16H,13H2,1-6H3,(H,28,31,33)/b19-11+/t16-/m0/s1. The van der Waals surface area contributed by atoms with Gasteiger partial charge in [-0.25, -0.2) is 0 Å². The minimum atomic E-state index is -0.522. The van der Waals surface area contributed by atoms with Crippen LogP contribution >= 0.6 is 23.8 Å². The number of amides is 2. The zero-order chi connectivity index (χ0) is 24.2. The van der Waals surface area contributed by atoms with Gasteiger partial charge < -0.3 is 4.90 Å². The molecule has 2 aromatic carbocycles. The van der Waals surface area contributed by atoms with Gasteiger partial charge in [0.25, 0.3) is 11.8 Å². The van der Waals surface area contributed by atoms with Crippen LogP contribution in [0.5, 0.6) is 0 Å². The monoisotopic (exact) mass is 481 g/mol. The second-order valence-electron chi connectivity index (χ2n) is 9.66. The Kier molecular flexibility index (Phi) is 5.87. The first-order chi connectivity index (χ1) is 15.4. The molecule has 0 saturated carbocycles. The SMILES string of the molecule is Cc1ccc(N2C(=O)/C(=C/c3cc4c(cc3Cl)N(C)C(C)(C)C[C@@H]4C)C(=O)NC2=S)c(C)c1. The highest BCUT2D eigenvalue weighted by Crippen LogP contribution is 2.44. The quantitative estimate of drug-likeness (QED) is 0.349. The molecular formula is C26H28ClN3O2S. The molecule has 33 heavy (non-hydrogen) atoms. The third-order valence-electron chi connectivity index (χ3n) is 6.75. The summed E-state index contributed by atoms with van der Waals surface area (Å²) in [7, 11) is 2.07. The lowest BCUT2D eigenvalue weighted by Gasteiger charge is -2.45. The zero-order valence-corrected chi connectivity index (χ0v) is 21.3. The number of fused-ring (bicyclic) bond motifs is 1. The third-order valence-corrected chi connectivity index (χ3v) is 7.36. The van der Waals surface area contributed by atoms with Crippen LogP contribution in [-0.4, -0.2) is 29.5 Å². The lowest BCUT2D eigenvalue weighted by atomic mass is 9.80. The predicted octanol–water partition coefficient (Wildman–Crippen LogP) is 5.51.